The molecule has 0 radical (unpaired) electrons. The van der Waals surface area contributed by atoms with Crippen molar-refractivity contribution in [2.45, 2.75) is 31.7 Å². The highest BCUT2D eigenvalue weighted by Gasteiger charge is 2.43. The van der Waals surface area contributed by atoms with E-state index < -0.39 is 5.54 Å². The van der Waals surface area contributed by atoms with Gasteiger partial charge in [0.15, 0.2) is 17.3 Å². The second kappa shape index (κ2) is 9.21. The molecule has 7 heteroatoms. The van der Waals surface area contributed by atoms with Gasteiger partial charge in [-0.1, -0.05) is 37.3 Å². The van der Waals surface area contributed by atoms with E-state index in [9.17, 15) is 14.9 Å². The van der Waals surface area contributed by atoms with E-state index in [1.54, 1.807) is 43.3 Å². The highest BCUT2D eigenvalue weighted by molar-refractivity contribution is 5.97. The van der Waals surface area contributed by atoms with Crippen molar-refractivity contribution >= 4 is 5.78 Å². The Morgan fingerprint density at radius 3 is 2.04 bits per heavy atom. The molecule has 2 aromatic carbocycles. The van der Waals surface area contributed by atoms with Crippen molar-refractivity contribution in [3.8, 4) is 17.2 Å². The second-order valence-electron chi connectivity index (χ2n) is 6.35. The Bertz CT molecular complexity index is 811. The number of ether oxygens (including phenoxy) is 3. The summed E-state index contributed by atoms with van der Waals surface area (Å²) < 4.78 is 15.8. The Labute approximate surface area is 164 Å². The standard InChI is InChI=1S/C21H25NO6/c1-5-21(22(24)25,16-9-7-6-8-10-16)12-11-17(23)15-13-18(26-2)20(28-4)19(14-15)27-3/h6-10,13-14H,5,11-12H2,1-4H3. The molecule has 0 fully saturated rings. The lowest BCUT2D eigenvalue weighted by atomic mass is 9.82. The molecule has 0 heterocycles. The van der Waals surface area contributed by atoms with Crippen LogP contribution in [0.15, 0.2) is 42.5 Å². The zero-order valence-electron chi connectivity index (χ0n) is 16.6. The maximum Gasteiger partial charge on any atom is 0.247 e. The molecule has 150 valence electrons. The lowest BCUT2D eigenvalue weighted by molar-refractivity contribution is -0.581. The number of carbonyl (C=O) groups excluding carboxylic acids is 1. The molecule has 2 aromatic rings. The first-order chi connectivity index (χ1) is 13.4. The molecule has 0 N–H and O–H groups in total. The molecule has 7 nitrogen and oxygen atoms in total. The van der Waals surface area contributed by atoms with Crippen molar-refractivity contribution in [3.05, 3.63) is 63.7 Å². The van der Waals surface area contributed by atoms with Crippen LogP contribution in [-0.2, 0) is 5.54 Å². The van der Waals surface area contributed by atoms with Crippen LogP contribution >= 0.6 is 0 Å². The van der Waals surface area contributed by atoms with Crippen LogP contribution in [-0.4, -0.2) is 32.0 Å². The zero-order chi connectivity index (χ0) is 20.7. The van der Waals surface area contributed by atoms with Crippen LogP contribution in [0.1, 0.15) is 42.1 Å². The summed E-state index contributed by atoms with van der Waals surface area (Å²) in [4.78, 5) is 24.5. The third kappa shape index (κ3) is 4.08. The third-order valence-electron chi connectivity index (χ3n) is 5.00. The molecule has 0 aliphatic rings. The lowest BCUT2D eigenvalue weighted by Crippen LogP contribution is -2.35. The van der Waals surface area contributed by atoms with Gasteiger partial charge in [-0.2, -0.15) is 0 Å². The van der Waals surface area contributed by atoms with Crippen LogP contribution < -0.4 is 14.2 Å². The number of nitrogens with zero attached hydrogens (tertiary/aromatic N) is 1. The predicted molar refractivity (Wildman–Crippen MR) is 105 cm³/mol. The molecule has 0 bridgehead atoms. The number of hydrogen-bond acceptors (Lipinski definition) is 6. The molecule has 28 heavy (non-hydrogen) atoms. The highest BCUT2D eigenvalue weighted by atomic mass is 16.6. The monoisotopic (exact) mass is 387 g/mol. The first-order valence-corrected chi connectivity index (χ1v) is 8.96. The second-order valence-corrected chi connectivity index (χ2v) is 6.35. The lowest BCUT2D eigenvalue weighted by Gasteiger charge is -2.24. The topological polar surface area (TPSA) is 87.9 Å². The minimum atomic E-state index is -1.31. The van der Waals surface area contributed by atoms with Crippen molar-refractivity contribution in [2.24, 2.45) is 0 Å². The molecule has 1 atom stereocenters. The summed E-state index contributed by atoms with van der Waals surface area (Å²) in [7, 11) is 4.42. The number of methoxy groups -OCH3 is 3. The average molecular weight is 387 g/mol. The summed E-state index contributed by atoms with van der Waals surface area (Å²) in [6, 6.07) is 11.9. The van der Waals surface area contributed by atoms with Gasteiger partial charge in [0.05, 0.1) is 21.3 Å². The Balaban J connectivity index is 2.32. The quantitative estimate of drug-likeness (QED) is 0.344. The van der Waals surface area contributed by atoms with E-state index in [1.807, 2.05) is 6.07 Å². The number of Topliss-reactive ketones (excluding diaryl/α,β-unsaturated/α-hetero) is 1. The van der Waals surface area contributed by atoms with Gasteiger partial charge in [-0.25, -0.2) is 0 Å². The SMILES string of the molecule is CCC(CCC(=O)c1cc(OC)c(OC)c(OC)c1)(c1ccccc1)[N+](=O)[O-]. The van der Waals surface area contributed by atoms with E-state index in [0.29, 0.717) is 28.4 Å². The van der Waals surface area contributed by atoms with E-state index in [1.165, 1.54) is 21.3 Å². The summed E-state index contributed by atoms with van der Waals surface area (Å²) in [6.07, 6.45) is 0.394. The molecular weight excluding hydrogens is 362 g/mol. The van der Waals surface area contributed by atoms with Gasteiger partial charge in [0.25, 0.3) is 0 Å². The number of hydrogen-bond donors (Lipinski definition) is 0. The number of carbonyl (C=O) groups is 1. The van der Waals surface area contributed by atoms with E-state index in [-0.39, 0.29) is 30.0 Å². The first-order valence-electron chi connectivity index (χ1n) is 8.96. The molecule has 0 aliphatic carbocycles. The molecule has 2 rings (SSSR count). The Hall–Kier alpha value is -3.09. The van der Waals surface area contributed by atoms with Crippen LogP contribution in [0.5, 0.6) is 17.2 Å². The van der Waals surface area contributed by atoms with E-state index in [4.69, 9.17) is 14.2 Å². The zero-order valence-corrected chi connectivity index (χ0v) is 16.6. The minimum absolute atomic E-state index is 0.0162. The van der Waals surface area contributed by atoms with Gasteiger partial charge in [-0.15, -0.1) is 0 Å². The summed E-state index contributed by atoms with van der Waals surface area (Å²) in [5.41, 5.74) is -0.353. The fourth-order valence-electron chi connectivity index (χ4n) is 3.31. The maximum absolute atomic E-state index is 12.8. The predicted octanol–water partition coefficient (Wildman–Crippen LogP) is 4.26. The largest absolute Gasteiger partial charge is 0.493 e. The number of benzene rings is 2. The third-order valence-corrected chi connectivity index (χ3v) is 5.00. The fraction of sp³-hybridized carbons (Fsp3) is 0.381. The molecule has 0 aliphatic heterocycles. The van der Waals surface area contributed by atoms with E-state index >= 15 is 0 Å². The van der Waals surface area contributed by atoms with Crippen LogP contribution in [0.2, 0.25) is 0 Å². The molecular formula is C21H25NO6. The summed E-state index contributed by atoms with van der Waals surface area (Å²) >= 11 is 0. The van der Waals surface area contributed by atoms with Crippen molar-refractivity contribution in [1.29, 1.82) is 0 Å². The average Bonchev–Trinajstić information content (AvgIpc) is 2.73. The van der Waals surface area contributed by atoms with Gasteiger partial charge >= 0.3 is 0 Å². The molecule has 0 aromatic heterocycles. The molecule has 0 amide bonds. The molecule has 0 saturated heterocycles. The van der Waals surface area contributed by atoms with Gasteiger partial charge < -0.3 is 14.2 Å². The van der Waals surface area contributed by atoms with Crippen LogP contribution in [0.4, 0.5) is 0 Å². The van der Waals surface area contributed by atoms with Gasteiger partial charge in [-0.05, 0) is 12.1 Å². The maximum atomic E-state index is 12.8. The molecule has 1 unspecified atom stereocenters. The fourth-order valence-corrected chi connectivity index (χ4v) is 3.31. The van der Waals surface area contributed by atoms with E-state index in [2.05, 4.69) is 0 Å². The molecule has 0 saturated carbocycles. The van der Waals surface area contributed by atoms with Crippen LogP contribution in [0.3, 0.4) is 0 Å². The number of ketones is 1. The van der Waals surface area contributed by atoms with Gasteiger partial charge in [0.1, 0.15) is 0 Å². The van der Waals surface area contributed by atoms with Crippen molar-refractivity contribution in [1.82, 2.24) is 0 Å². The van der Waals surface area contributed by atoms with Crippen molar-refractivity contribution in [3.63, 3.8) is 0 Å². The number of nitro groups is 1. The normalized spacial score (nSPS) is 12.7. The Morgan fingerprint density at radius 1 is 1.04 bits per heavy atom. The summed E-state index contributed by atoms with van der Waals surface area (Å²) in [5.74, 6) is 0.891. The minimum Gasteiger partial charge on any atom is -0.493 e. The highest BCUT2D eigenvalue weighted by Crippen LogP contribution is 2.39. The Morgan fingerprint density at radius 2 is 1.61 bits per heavy atom. The van der Waals surface area contributed by atoms with E-state index in [0.717, 1.165) is 0 Å². The summed E-state index contributed by atoms with van der Waals surface area (Å²) in [6.45, 7) is 1.76. The van der Waals surface area contributed by atoms with Gasteiger partial charge in [0, 0.05) is 35.3 Å². The summed E-state index contributed by atoms with van der Waals surface area (Å²) in [5, 5.41) is 11.9. The van der Waals surface area contributed by atoms with Crippen LogP contribution in [0.25, 0.3) is 0 Å². The first kappa shape index (κ1) is 21.2. The van der Waals surface area contributed by atoms with Gasteiger partial charge in [0.2, 0.25) is 11.3 Å². The van der Waals surface area contributed by atoms with Crippen molar-refractivity contribution < 1.29 is 23.9 Å². The van der Waals surface area contributed by atoms with Crippen LogP contribution in [0, 0.1) is 10.1 Å². The number of rotatable bonds is 10. The Kier molecular flexibility index (Phi) is 6.98. The van der Waals surface area contributed by atoms with Gasteiger partial charge in [-0.3, -0.25) is 14.9 Å². The smallest absolute Gasteiger partial charge is 0.247 e. The molecule has 0 spiro atoms. The van der Waals surface area contributed by atoms with Crippen molar-refractivity contribution in [2.75, 3.05) is 21.3 Å².